The van der Waals surface area contributed by atoms with Gasteiger partial charge in [-0.25, -0.2) is 13.9 Å². The molecule has 0 aliphatic rings. The van der Waals surface area contributed by atoms with Crippen molar-refractivity contribution in [3.8, 4) is 0 Å². The Hall–Kier alpha value is -1.32. The van der Waals surface area contributed by atoms with Gasteiger partial charge >= 0.3 is 5.97 Å². The summed E-state index contributed by atoms with van der Waals surface area (Å²) >= 11 is 0. The van der Waals surface area contributed by atoms with Crippen molar-refractivity contribution in [1.29, 1.82) is 0 Å². The molecule has 0 amide bonds. The van der Waals surface area contributed by atoms with Crippen molar-refractivity contribution in [2.45, 2.75) is 33.7 Å². The minimum absolute atomic E-state index is 0.409. The highest BCUT2D eigenvalue weighted by atomic mass is 16.4. The first-order chi connectivity index (χ1) is 6.54. The van der Waals surface area contributed by atoms with Crippen molar-refractivity contribution in [1.82, 2.24) is 4.57 Å². The molecule has 0 aliphatic carbocycles. The molecule has 1 N–H and O–H groups in total. The van der Waals surface area contributed by atoms with Crippen LogP contribution < -0.4 is 4.57 Å². The van der Waals surface area contributed by atoms with Gasteiger partial charge in [-0.1, -0.05) is 6.92 Å². The Morgan fingerprint density at radius 3 is 2.43 bits per heavy atom. The molecule has 0 aromatic carbocycles. The van der Waals surface area contributed by atoms with E-state index in [0.29, 0.717) is 12.2 Å². The average molecular weight is 197 g/mol. The van der Waals surface area contributed by atoms with Crippen molar-refractivity contribution in [2.75, 3.05) is 0 Å². The molecule has 0 bridgehead atoms. The maximum absolute atomic E-state index is 11.0. The van der Waals surface area contributed by atoms with E-state index in [9.17, 15) is 4.79 Å². The summed E-state index contributed by atoms with van der Waals surface area (Å²) in [5.41, 5.74) is 1.23. The number of hydrogen-bond acceptors (Lipinski definition) is 1. The Labute approximate surface area is 83.8 Å². The van der Waals surface area contributed by atoms with Crippen LogP contribution in [-0.2, 0) is 20.0 Å². The number of rotatable bonds is 3. The summed E-state index contributed by atoms with van der Waals surface area (Å²) in [7, 11) is 1.91. The van der Waals surface area contributed by atoms with Gasteiger partial charge < -0.3 is 5.11 Å². The van der Waals surface area contributed by atoms with Crippen LogP contribution in [0.3, 0.4) is 0 Å². The predicted octanol–water partition coefficient (Wildman–Crippen LogP) is 0.902. The third-order valence-corrected chi connectivity index (χ3v) is 2.65. The molecule has 0 unspecified atom stereocenters. The zero-order chi connectivity index (χ0) is 10.9. The molecule has 0 spiro atoms. The third kappa shape index (κ3) is 1.41. The molecule has 4 heteroatoms. The Morgan fingerprint density at radius 2 is 2.07 bits per heavy atom. The van der Waals surface area contributed by atoms with Crippen molar-refractivity contribution >= 4 is 5.97 Å². The van der Waals surface area contributed by atoms with E-state index in [0.717, 1.165) is 17.9 Å². The van der Waals surface area contributed by atoms with Gasteiger partial charge in [0.25, 0.3) is 11.5 Å². The lowest BCUT2D eigenvalue weighted by atomic mass is 10.3. The molecule has 1 rings (SSSR count). The van der Waals surface area contributed by atoms with Gasteiger partial charge in [0.1, 0.15) is 0 Å². The van der Waals surface area contributed by atoms with Crippen LogP contribution in [0.4, 0.5) is 0 Å². The van der Waals surface area contributed by atoms with Crippen LogP contribution in [0.15, 0.2) is 0 Å². The number of imidazole rings is 1. The molecule has 0 radical (unpaired) electrons. The molecule has 0 atom stereocenters. The zero-order valence-corrected chi connectivity index (χ0v) is 9.16. The summed E-state index contributed by atoms with van der Waals surface area (Å²) in [4.78, 5) is 11.0. The predicted molar refractivity (Wildman–Crippen MR) is 52.4 cm³/mol. The van der Waals surface area contributed by atoms with Gasteiger partial charge in [-0.3, -0.25) is 0 Å². The molecular weight excluding hydrogens is 180 g/mol. The van der Waals surface area contributed by atoms with Crippen LogP contribution in [0.5, 0.6) is 0 Å². The zero-order valence-electron chi connectivity index (χ0n) is 9.16. The van der Waals surface area contributed by atoms with E-state index in [1.54, 1.807) is 0 Å². The van der Waals surface area contributed by atoms with Crippen LogP contribution >= 0.6 is 0 Å². The lowest BCUT2D eigenvalue weighted by molar-refractivity contribution is -0.702. The van der Waals surface area contributed by atoms with Gasteiger partial charge in [-0.2, -0.15) is 0 Å². The Kier molecular flexibility index (Phi) is 2.93. The summed E-state index contributed by atoms with van der Waals surface area (Å²) < 4.78 is 3.81. The number of carboxylic acids is 1. The quantitative estimate of drug-likeness (QED) is 0.732. The van der Waals surface area contributed by atoms with Crippen LogP contribution in [0, 0.1) is 6.92 Å². The summed E-state index contributed by atoms with van der Waals surface area (Å²) in [6.45, 7) is 6.54. The summed E-state index contributed by atoms with van der Waals surface area (Å²) in [6, 6.07) is 0. The van der Waals surface area contributed by atoms with E-state index in [1.165, 1.54) is 0 Å². The number of carboxylic acid groups (broad SMARTS) is 1. The monoisotopic (exact) mass is 197 g/mol. The molecule has 1 aromatic rings. The molecule has 14 heavy (non-hydrogen) atoms. The van der Waals surface area contributed by atoms with Crippen molar-refractivity contribution in [3.05, 3.63) is 17.2 Å². The first-order valence-corrected chi connectivity index (χ1v) is 4.85. The SMILES string of the molecule is CCc1n(C)c(C)c(C(=O)O)[n+]1CC. The Balaban J connectivity index is 3.48. The first-order valence-electron chi connectivity index (χ1n) is 4.85. The van der Waals surface area contributed by atoms with Gasteiger partial charge in [0.2, 0.25) is 0 Å². The van der Waals surface area contributed by atoms with E-state index in [4.69, 9.17) is 5.11 Å². The number of aromatic carboxylic acids is 1. The summed E-state index contributed by atoms with van der Waals surface area (Å²) in [6.07, 6.45) is 0.846. The summed E-state index contributed by atoms with van der Waals surface area (Å²) in [5, 5.41) is 9.08. The van der Waals surface area contributed by atoms with Crippen molar-refractivity contribution in [3.63, 3.8) is 0 Å². The first kappa shape index (κ1) is 10.8. The molecule has 4 nitrogen and oxygen atoms in total. The fourth-order valence-corrected chi connectivity index (χ4v) is 1.90. The molecular formula is C10H17N2O2+. The van der Waals surface area contributed by atoms with Gasteiger partial charge in [0.05, 0.1) is 13.6 Å². The van der Waals surface area contributed by atoms with E-state index >= 15 is 0 Å². The number of hydrogen-bond donors (Lipinski definition) is 1. The molecule has 0 saturated carbocycles. The van der Waals surface area contributed by atoms with E-state index in [2.05, 4.69) is 0 Å². The normalized spacial score (nSPS) is 10.6. The second kappa shape index (κ2) is 3.82. The second-order valence-electron chi connectivity index (χ2n) is 3.31. The third-order valence-electron chi connectivity index (χ3n) is 2.65. The summed E-state index contributed by atoms with van der Waals surface area (Å²) in [5.74, 6) is 0.210. The molecule has 78 valence electrons. The minimum Gasteiger partial charge on any atom is -0.475 e. The minimum atomic E-state index is -0.848. The fourth-order valence-electron chi connectivity index (χ4n) is 1.90. The Morgan fingerprint density at radius 1 is 1.50 bits per heavy atom. The largest absolute Gasteiger partial charge is 0.475 e. The van der Waals surface area contributed by atoms with Crippen molar-refractivity contribution in [2.24, 2.45) is 7.05 Å². The Bertz CT molecular complexity index is 367. The topological polar surface area (TPSA) is 46.1 Å². The molecule has 1 aromatic heterocycles. The van der Waals surface area contributed by atoms with Gasteiger partial charge in [-0.15, -0.1) is 0 Å². The molecule has 0 aliphatic heterocycles. The smallest absolute Gasteiger partial charge is 0.380 e. The van der Waals surface area contributed by atoms with E-state index < -0.39 is 5.97 Å². The van der Waals surface area contributed by atoms with Crippen LogP contribution in [0.25, 0.3) is 0 Å². The number of carbonyl (C=O) groups is 1. The number of nitrogens with zero attached hydrogens (tertiary/aromatic N) is 2. The highest BCUT2D eigenvalue weighted by Gasteiger charge is 2.28. The molecule has 0 fully saturated rings. The van der Waals surface area contributed by atoms with E-state index in [-0.39, 0.29) is 0 Å². The van der Waals surface area contributed by atoms with Crippen LogP contribution in [0.2, 0.25) is 0 Å². The van der Waals surface area contributed by atoms with Gasteiger partial charge in [0, 0.05) is 13.3 Å². The van der Waals surface area contributed by atoms with Crippen LogP contribution in [-0.4, -0.2) is 15.6 Å². The molecule has 0 saturated heterocycles. The van der Waals surface area contributed by atoms with Crippen molar-refractivity contribution < 1.29 is 14.5 Å². The lowest BCUT2D eigenvalue weighted by Gasteiger charge is -1.97. The molecule has 1 heterocycles. The maximum atomic E-state index is 11.0. The standard InChI is InChI=1S/C10H16N2O2/c1-5-8-11(4)7(3)9(10(13)14)12(8)6-2/h5-6H2,1-4H3/p+1. The number of aromatic nitrogens is 2. The van der Waals surface area contributed by atoms with Gasteiger partial charge in [0.15, 0.2) is 5.69 Å². The highest BCUT2D eigenvalue weighted by molar-refractivity contribution is 5.85. The lowest BCUT2D eigenvalue weighted by Crippen LogP contribution is -2.41. The average Bonchev–Trinajstić information content (AvgIpc) is 2.39. The fraction of sp³-hybridized carbons (Fsp3) is 0.600. The van der Waals surface area contributed by atoms with Crippen LogP contribution in [0.1, 0.15) is 35.9 Å². The van der Waals surface area contributed by atoms with E-state index in [1.807, 2.05) is 37.0 Å². The van der Waals surface area contributed by atoms with Gasteiger partial charge in [-0.05, 0) is 6.92 Å². The second-order valence-corrected chi connectivity index (χ2v) is 3.31. The maximum Gasteiger partial charge on any atom is 0.380 e. The highest BCUT2D eigenvalue weighted by Crippen LogP contribution is 2.08.